The van der Waals surface area contributed by atoms with E-state index in [2.05, 4.69) is 26.4 Å². The van der Waals surface area contributed by atoms with Gasteiger partial charge in [0.25, 0.3) is 0 Å². The fourth-order valence-corrected chi connectivity index (χ4v) is 6.00. The summed E-state index contributed by atoms with van der Waals surface area (Å²) in [5.41, 5.74) is 0.990. The number of morpholine rings is 1. The van der Waals surface area contributed by atoms with Crippen molar-refractivity contribution in [1.29, 1.82) is 0 Å². The molecule has 3 aromatic rings. The zero-order chi connectivity index (χ0) is 25.4. The van der Waals surface area contributed by atoms with E-state index in [0.29, 0.717) is 42.8 Å². The lowest BCUT2D eigenvalue weighted by Gasteiger charge is -2.27. The fraction of sp³-hybridized carbons (Fsp3) is 0.360. The molecule has 1 aromatic heterocycles. The molecular formula is C25H31Cl2N5O3S2. The van der Waals surface area contributed by atoms with E-state index in [1.165, 1.54) is 23.9 Å². The minimum Gasteiger partial charge on any atom is -0.379 e. The zero-order valence-corrected chi connectivity index (χ0v) is 23.5. The number of aromatic nitrogens is 3. The topological polar surface area (TPSA) is 89.3 Å². The fourth-order valence-electron chi connectivity index (χ4n) is 3.98. The number of hydrogen-bond donors (Lipinski definition) is 1. The molecule has 2 heterocycles. The molecule has 1 atom stereocenters. The van der Waals surface area contributed by atoms with Crippen LogP contribution in [-0.2, 0) is 27.7 Å². The van der Waals surface area contributed by atoms with Crippen LogP contribution in [0.4, 0.5) is 0 Å². The number of nitrogens with one attached hydrogen (secondary N) is 1. The number of nitrogens with zero attached hydrogens (tertiary/aromatic N) is 4. The van der Waals surface area contributed by atoms with E-state index in [1.807, 2.05) is 41.0 Å². The predicted molar refractivity (Wildman–Crippen MR) is 150 cm³/mol. The van der Waals surface area contributed by atoms with Crippen LogP contribution in [0, 0.1) is 0 Å². The summed E-state index contributed by atoms with van der Waals surface area (Å²) < 4.78 is 37.1. The highest BCUT2D eigenvalue weighted by Crippen LogP contribution is 2.26. The van der Waals surface area contributed by atoms with Crippen molar-refractivity contribution in [3.05, 3.63) is 83.7 Å². The van der Waals surface area contributed by atoms with E-state index in [9.17, 15) is 8.42 Å². The van der Waals surface area contributed by atoms with Crippen LogP contribution in [-0.4, -0.2) is 66.7 Å². The molecule has 4 rings (SSSR count). The third kappa shape index (κ3) is 8.28. The molecule has 8 nitrogen and oxygen atoms in total. The molecule has 0 unspecified atom stereocenters. The van der Waals surface area contributed by atoms with Crippen molar-refractivity contribution in [1.82, 2.24) is 24.4 Å². The number of halogens is 2. The van der Waals surface area contributed by atoms with Gasteiger partial charge in [-0.15, -0.1) is 29.2 Å². The largest absolute Gasteiger partial charge is 0.379 e. The highest BCUT2D eigenvalue weighted by molar-refractivity contribution is 7.99. The quantitative estimate of drug-likeness (QED) is 0.252. The Bertz CT molecular complexity index is 1230. The molecule has 1 aliphatic heterocycles. The Balaban J connectivity index is 0.00000380. The molecule has 0 amide bonds. The first-order chi connectivity index (χ1) is 17.5. The first-order valence-corrected chi connectivity index (χ1v) is 14.6. The first kappa shape index (κ1) is 29.6. The number of thioether (sulfide) groups is 1. The molecule has 1 saturated heterocycles. The van der Waals surface area contributed by atoms with Gasteiger partial charge in [0.15, 0.2) is 11.0 Å². The van der Waals surface area contributed by atoms with Crippen LogP contribution in [0.1, 0.15) is 17.4 Å². The lowest BCUT2D eigenvalue weighted by atomic mass is 10.1. The van der Waals surface area contributed by atoms with Crippen LogP contribution in [0.3, 0.4) is 0 Å². The minimum absolute atomic E-state index is 0. The molecule has 0 spiro atoms. The summed E-state index contributed by atoms with van der Waals surface area (Å²) in [7, 11) is -3.84. The second kappa shape index (κ2) is 14.3. The van der Waals surface area contributed by atoms with Gasteiger partial charge >= 0.3 is 0 Å². The molecule has 1 fully saturated rings. The van der Waals surface area contributed by atoms with Crippen molar-refractivity contribution >= 4 is 45.8 Å². The third-order valence-corrected chi connectivity index (χ3v) is 8.54. The number of benzene rings is 2. The standard InChI is InChI=1S/C25H30ClN5O3S2.ClH/c1-2-18-35-25-28-27-24(31(25)13-12-30-14-16-34-17-15-30)23(19-20-6-4-3-5-7-20)29-36(32,33)22-10-8-21(26)9-11-22;/h2-11,23,29H,1,12-19H2;1H/t23-;/m1./s1. The van der Waals surface area contributed by atoms with E-state index >= 15 is 0 Å². The Morgan fingerprint density at radius 3 is 2.46 bits per heavy atom. The summed E-state index contributed by atoms with van der Waals surface area (Å²) in [6.45, 7) is 8.39. The molecule has 2 aromatic carbocycles. The Morgan fingerprint density at radius 1 is 1.08 bits per heavy atom. The maximum atomic E-state index is 13.4. The molecule has 1 N–H and O–H groups in total. The van der Waals surface area contributed by atoms with E-state index < -0.39 is 16.1 Å². The maximum Gasteiger partial charge on any atom is 0.241 e. The summed E-state index contributed by atoms with van der Waals surface area (Å²) in [6, 6.07) is 15.3. The van der Waals surface area contributed by atoms with Crippen molar-refractivity contribution < 1.29 is 13.2 Å². The molecule has 0 saturated carbocycles. The van der Waals surface area contributed by atoms with Crippen LogP contribution < -0.4 is 4.72 Å². The average Bonchev–Trinajstić information content (AvgIpc) is 3.30. The molecule has 0 radical (unpaired) electrons. The van der Waals surface area contributed by atoms with Crippen LogP contribution in [0.15, 0.2) is 77.3 Å². The minimum atomic E-state index is -3.84. The molecule has 37 heavy (non-hydrogen) atoms. The predicted octanol–water partition coefficient (Wildman–Crippen LogP) is 4.23. The van der Waals surface area contributed by atoms with Gasteiger partial charge in [-0.1, -0.05) is 59.8 Å². The second-order valence-electron chi connectivity index (χ2n) is 8.36. The maximum absolute atomic E-state index is 13.4. The summed E-state index contributed by atoms with van der Waals surface area (Å²) in [5, 5.41) is 10.1. The lowest BCUT2D eigenvalue weighted by molar-refractivity contribution is 0.0359. The summed E-state index contributed by atoms with van der Waals surface area (Å²) in [4.78, 5) is 2.48. The van der Waals surface area contributed by atoms with Gasteiger partial charge in [-0.2, -0.15) is 0 Å². The molecule has 12 heteroatoms. The summed E-state index contributed by atoms with van der Waals surface area (Å²) in [6.07, 6.45) is 2.24. The summed E-state index contributed by atoms with van der Waals surface area (Å²) >= 11 is 7.51. The van der Waals surface area contributed by atoms with Gasteiger partial charge in [-0.05, 0) is 36.2 Å². The average molecular weight is 585 g/mol. The van der Waals surface area contributed by atoms with Gasteiger partial charge < -0.3 is 9.30 Å². The number of hydrogen-bond acceptors (Lipinski definition) is 7. The van der Waals surface area contributed by atoms with Crippen molar-refractivity contribution in [3.63, 3.8) is 0 Å². The van der Waals surface area contributed by atoms with Gasteiger partial charge in [0.1, 0.15) is 0 Å². The molecule has 0 aliphatic carbocycles. The molecule has 0 bridgehead atoms. The van der Waals surface area contributed by atoms with Gasteiger partial charge in [-0.3, -0.25) is 4.90 Å². The Hall–Kier alpha value is -1.92. The van der Waals surface area contributed by atoms with Gasteiger partial charge in [0.2, 0.25) is 10.0 Å². The van der Waals surface area contributed by atoms with Crippen LogP contribution >= 0.6 is 35.8 Å². The van der Waals surface area contributed by atoms with Crippen molar-refractivity contribution in [2.24, 2.45) is 0 Å². The second-order valence-corrected chi connectivity index (χ2v) is 11.5. The van der Waals surface area contributed by atoms with Crippen molar-refractivity contribution in [2.75, 3.05) is 38.6 Å². The third-order valence-electron chi connectivity index (χ3n) is 5.83. The number of sulfonamides is 1. The van der Waals surface area contributed by atoms with Crippen molar-refractivity contribution in [3.8, 4) is 0 Å². The first-order valence-electron chi connectivity index (χ1n) is 11.7. The zero-order valence-electron chi connectivity index (χ0n) is 20.3. The number of ether oxygens (including phenoxy) is 1. The monoisotopic (exact) mass is 583 g/mol. The van der Waals surface area contributed by atoms with Crippen LogP contribution in [0.2, 0.25) is 5.02 Å². The summed E-state index contributed by atoms with van der Waals surface area (Å²) in [5.74, 6) is 1.26. The van der Waals surface area contributed by atoms with E-state index in [0.717, 1.165) is 30.4 Å². The van der Waals surface area contributed by atoms with Gasteiger partial charge in [-0.25, -0.2) is 13.1 Å². The SMILES string of the molecule is C=CCSc1nnc([C@@H](Cc2ccccc2)NS(=O)(=O)c2ccc(Cl)cc2)n1CCN1CCOCC1.Cl. The van der Waals surface area contributed by atoms with Gasteiger partial charge in [0.05, 0.1) is 24.2 Å². The van der Waals surface area contributed by atoms with Crippen molar-refractivity contribution in [2.45, 2.75) is 29.1 Å². The van der Waals surface area contributed by atoms with Gasteiger partial charge in [0, 0.05) is 37.0 Å². The van der Waals surface area contributed by atoms with Crippen LogP contribution in [0.25, 0.3) is 0 Å². The lowest BCUT2D eigenvalue weighted by Crippen LogP contribution is -2.39. The smallest absolute Gasteiger partial charge is 0.241 e. The Kier molecular flexibility index (Phi) is 11.4. The molecule has 1 aliphatic rings. The molecule has 200 valence electrons. The molecular weight excluding hydrogens is 553 g/mol. The van der Waals surface area contributed by atoms with E-state index in [-0.39, 0.29) is 17.3 Å². The number of rotatable bonds is 12. The van der Waals surface area contributed by atoms with E-state index in [4.69, 9.17) is 16.3 Å². The van der Waals surface area contributed by atoms with Crippen LogP contribution in [0.5, 0.6) is 0 Å². The highest BCUT2D eigenvalue weighted by atomic mass is 35.5. The van der Waals surface area contributed by atoms with E-state index in [1.54, 1.807) is 12.1 Å². The Morgan fingerprint density at radius 2 is 1.78 bits per heavy atom. The highest BCUT2D eigenvalue weighted by Gasteiger charge is 2.28. The normalized spacial score (nSPS) is 15.2. The Labute approximate surface area is 233 Å².